The van der Waals surface area contributed by atoms with E-state index in [0.29, 0.717) is 18.7 Å². The van der Waals surface area contributed by atoms with Crippen molar-refractivity contribution in [3.63, 3.8) is 0 Å². The maximum Gasteiger partial charge on any atom is 0.258 e. The normalized spacial score (nSPS) is 24.1. The van der Waals surface area contributed by atoms with Gasteiger partial charge in [0.2, 0.25) is 0 Å². The minimum Gasteiger partial charge on any atom is -0.507 e. The van der Waals surface area contributed by atoms with E-state index in [-0.39, 0.29) is 23.8 Å². The van der Waals surface area contributed by atoms with Crippen LogP contribution in [0.25, 0.3) is 0 Å². The van der Waals surface area contributed by atoms with Crippen LogP contribution in [0.3, 0.4) is 0 Å². The molecular formula is C14H19NO3. The second kappa shape index (κ2) is 4.98. The lowest BCUT2D eigenvalue weighted by Crippen LogP contribution is -2.51. The minimum absolute atomic E-state index is 0.0196. The minimum atomic E-state index is -0.126. The molecule has 0 bridgehead atoms. The molecule has 1 saturated heterocycles. The van der Waals surface area contributed by atoms with Crippen molar-refractivity contribution < 1.29 is 14.6 Å². The van der Waals surface area contributed by atoms with Crippen LogP contribution < -0.4 is 0 Å². The Balaban J connectivity index is 2.27. The number of aromatic hydroxyl groups is 1. The zero-order valence-electron chi connectivity index (χ0n) is 11.0. The van der Waals surface area contributed by atoms with Crippen LogP contribution in [0.15, 0.2) is 18.2 Å². The summed E-state index contributed by atoms with van der Waals surface area (Å²) in [5.41, 5.74) is 1.33. The molecule has 98 valence electrons. The number of phenols is 1. The molecule has 0 aromatic heterocycles. The number of morpholine rings is 1. The Hall–Kier alpha value is -1.55. The Labute approximate surface area is 107 Å². The number of hydrogen-bond acceptors (Lipinski definition) is 3. The van der Waals surface area contributed by atoms with E-state index in [0.717, 1.165) is 5.56 Å². The molecule has 0 spiro atoms. The number of ether oxygens (including phenoxy) is 1. The zero-order chi connectivity index (χ0) is 13.3. The average Bonchev–Trinajstić information content (AvgIpc) is 2.35. The van der Waals surface area contributed by atoms with Crippen molar-refractivity contribution in [1.82, 2.24) is 4.90 Å². The van der Waals surface area contributed by atoms with Gasteiger partial charge in [-0.3, -0.25) is 4.79 Å². The van der Waals surface area contributed by atoms with Crippen LogP contribution in [0.4, 0.5) is 0 Å². The van der Waals surface area contributed by atoms with E-state index in [1.165, 1.54) is 0 Å². The molecular weight excluding hydrogens is 230 g/mol. The predicted molar refractivity (Wildman–Crippen MR) is 68.8 cm³/mol. The van der Waals surface area contributed by atoms with Crippen molar-refractivity contribution in [1.29, 1.82) is 0 Å². The summed E-state index contributed by atoms with van der Waals surface area (Å²) in [6.45, 7) is 6.94. The van der Waals surface area contributed by atoms with E-state index in [1.807, 2.05) is 20.8 Å². The average molecular weight is 249 g/mol. The van der Waals surface area contributed by atoms with Crippen LogP contribution in [0.5, 0.6) is 5.75 Å². The molecule has 1 amide bonds. The number of aryl methyl sites for hydroxylation is 1. The summed E-state index contributed by atoms with van der Waals surface area (Å²) >= 11 is 0. The third-order valence-electron chi connectivity index (χ3n) is 3.53. The Kier molecular flexibility index (Phi) is 3.57. The zero-order valence-corrected chi connectivity index (χ0v) is 11.0. The summed E-state index contributed by atoms with van der Waals surface area (Å²) in [6, 6.07) is 5.10. The molecule has 2 rings (SSSR count). The van der Waals surface area contributed by atoms with Gasteiger partial charge in [-0.15, -0.1) is 0 Å². The molecule has 0 saturated carbocycles. The highest BCUT2D eigenvalue weighted by Crippen LogP contribution is 2.23. The highest BCUT2D eigenvalue weighted by Gasteiger charge is 2.30. The first-order valence-electron chi connectivity index (χ1n) is 6.23. The summed E-state index contributed by atoms with van der Waals surface area (Å²) in [7, 11) is 0. The molecule has 1 heterocycles. The van der Waals surface area contributed by atoms with Crippen LogP contribution in [0.1, 0.15) is 29.8 Å². The molecule has 1 aromatic rings. The molecule has 1 aromatic carbocycles. The molecule has 0 aliphatic carbocycles. The summed E-state index contributed by atoms with van der Waals surface area (Å²) in [4.78, 5) is 14.2. The molecule has 2 atom stereocenters. The van der Waals surface area contributed by atoms with Crippen LogP contribution >= 0.6 is 0 Å². The topological polar surface area (TPSA) is 49.8 Å². The first-order chi connectivity index (χ1) is 8.50. The smallest absolute Gasteiger partial charge is 0.258 e. The number of amides is 1. The van der Waals surface area contributed by atoms with E-state index in [1.54, 1.807) is 23.1 Å². The lowest BCUT2D eigenvalue weighted by molar-refractivity contribution is -0.0441. The highest BCUT2D eigenvalue weighted by atomic mass is 16.5. The highest BCUT2D eigenvalue weighted by molar-refractivity contribution is 5.97. The van der Waals surface area contributed by atoms with Gasteiger partial charge in [-0.1, -0.05) is 11.6 Å². The monoisotopic (exact) mass is 249 g/mol. The van der Waals surface area contributed by atoms with Crippen molar-refractivity contribution >= 4 is 5.91 Å². The fraction of sp³-hybridized carbons (Fsp3) is 0.500. The number of phenolic OH excluding ortho intramolecular Hbond substituents is 1. The van der Waals surface area contributed by atoms with Gasteiger partial charge in [-0.2, -0.15) is 0 Å². The molecule has 1 aliphatic rings. The summed E-state index contributed by atoms with van der Waals surface area (Å²) in [6.07, 6.45) is 0.0228. The van der Waals surface area contributed by atoms with Gasteiger partial charge in [-0.25, -0.2) is 0 Å². The van der Waals surface area contributed by atoms with E-state index in [4.69, 9.17) is 4.74 Å². The van der Waals surface area contributed by atoms with Gasteiger partial charge < -0.3 is 14.7 Å². The molecule has 4 nitrogen and oxygen atoms in total. The van der Waals surface area contributed by atoms with Gasteiger partial charge in [0.25, 0.3) is 5.91 Å². The number of carbonyl (C=O) groups excluding carboxylic acids is 1. The number of nitrogens with zero attached hydrogens (tertiary/aromatic N) is 1. The fourth-order valence-electron chi connectivity index (χ4n) is 2.20. The second-order valence-electron chi connectivity index (χ2n) is 4.84. The molecule has 1 fully saturated rings. The van der Waals surface area contributed by atoms with Crippen LogP contribution in [0, 0.1) is 6.92 Å². The Morgan fingerprint density at radius 3 is 2.89 bits per heavy atom. The van der Waals surface area contributed by atoms with Crippen molar-refractivity contribution in [2.45, 2.75) is 32.9 Å². The summed E-state index contributed by atoms with van der Waals surface area (Å²) < 4.78 is 5.50. The molecule has 1 aliphatic heterocycles. The number of benzene rings is 1. The van der Waals surface area contributed by atoms with Gasteiger partial charge in [-0.05, 0) is 32.9 Å². The largest absolute Gasteiger partial charge is 0.507 e. The Morgan fingerprint density at radius 2 is 2.17 bits per heavy atom. The lowest BCUT2D eigenvalue weighted by atomic mass is 10.1. The molecule has 18 heavy (non-hydrogen) atoms. The summed E-state index contributed by atoms with van der Waals surface area (Å²) in [5, 5.41) is 9.81. The fourth-order valence-corrected chi connectivity index (χ4v) is 2.20. The predicted octanol–water partition coefficient (Wildman–Crippen LogP) is 1.95. The number of rotatable bonds is 1. The third-order valence-corrected chi connectivity index (χ3v) is 3.53. The van der Waals surface area contributed by atoms with E-state index in [2.05, 4.69) is 0 Å². The van der Waals surface area contributed by atoms with Crippen LogP contribution in [-0.2, 0) is 4.74 Å². The van der Waals surface area contributed by atoms with Gasteiger partial charge in [0.1, 0.15) is 5.75 Å². The van der Waals surface area contributed by atoms with E-state index in [9.17, 15) is 9.90 Å². The number of carbonyl (C=O) groups is 1. The lowest BCUT2D eigenvalue weighted by Gasteiger charge is -2.38. The maximum atomic E-state index is 12.4. The SMILES string of the molecule is Cc1ccc(O)c(C(=O)N2CCO[C@@H](C)[C@@H]2C)c1. The molecule has 4 heteroatoms. The second-order valence-corrected chi connectivity index (χ2v) is 4.84. The van der Waals surface area contributed by atoms with Crippen LogP contribution in [0.2, 0.25) is 0 Å². The van der Waals surface area contributed by atoms with Crippen molar-refractivity contribution in [3.05, 3.63) is 29.3 Å². The quantitative estimate of drug-likeness (QED) is 0.827. The first-order valence-corrected chi connectivity index (χ1v) is 6.23. The Morgan fingerprint density at radius 1 is 1.44 bits per heavy atom. The van der Waals surface area contributed by atoms with Crippen LogP contribution in [-0.4, -0.2) is 41.2 Å². The van der Waals surface area contributed by atoms with Crippen molar-refractivity contribution in [2.75, 3.05) is 13.2 Å². The van der Waals surface area contributed by atoms with Gasteiger partial charge in [0.15, 0.2) is 0 Å². The maximum absolute atomic E-state index is 12.4. The van der Waals surface area contributed by atoms with Gasteiger partial charge in [0, 0.05) is 6.54 Å². The first kappa shape index (κ1) is 12.9. The van der Waals surface area contributed by atoms with Gasteiger partial charge in [0.05, 0.1) is 24.3 Å². The van der Waals surface area contributed by atoms with Gasteiger partial charge >= 0.3 is 0 Å². The Bertz CT molecular complexity index is 458. The molecule has 0 unspecified atom stereocenters. The third kappa shape index (κ3) is 2.34. The standard InChI is InChI=1S/C14H19NO3/c1-9-4-5-13(16)12(8-9)14(17)15-6-7-18-11(3)10(15)2/h4-5,8,10-11,16H,6-7H2,1-3H3/t10-,11-/m0/s1. The van der Waals surface area contributed by atoms with E-state index >= 15 is 0 Å². The molecule has 0 radical (unpaired) electrons. The molecule has 1 N–H and O–H groups in total. The number of hydrogen-bond donors (Lipinski definition) is 1. The van der Waals surface area contributed by atoms with E-state index < -0.39 is 0 Å². The van der Waals surface area contributed by atoms with Crippen molar-refractivity contribution in [2.24, 2.45) is 0 Å². The summed E-state index contributed by atoms with van der Waals surface area (Å²) in [5.74, 6) is -0.0872. The van der Waals surface area contributed by atoms with Crippen molar-refractivity contribution in [3.8, 4) is 5.75 Å².